The Morgan fingerprint density at radius 1 is 1.23 bits per heavy atom. The molecule has 7 heteroatoms. The molecule has 0 unspecified atom stereocenters. The molecule has 0 radical (unpaired) electrons. The van der Waals surface area contributed by atoms with Gasteiger partial charge in [0.05, 0.1) is 11.4 Å². The van der Waals surface area contributed by atoms with Gasteiger partial charge in [-0.05, 0) is 68.4 Å². The van der Waals surface area contributed by atoms with E-state index >= 15 is 0 Å². The van der Waals surface area contributed by atoms with Gasteiger partial charge in [-0.2, -0.15) is 0 Å². The molecule has 156 valence electrons. The maximum atomic E-state index is 12.8. The van der Waals surface area contributed by atoms with Crippen molar-refractivity contribution in [3.8, 4) is 0 Å². The molecule has 3 aromatic rings. The number of anilines is 2. The maximum absolute atomic E-state index is 12.8. The van der Waals surface area contributed by atoms with Crippen molar-refractivity contribution in [2.24, 2.45) is 5.92 Å². The molecule has 0 saturated carbocycles. The fourth-order valence-electron chi connectivity index (χ4n) is 4.55. The fraction of sp³-hybridized carbons (Fsp3) is 0.435. The van der Waals surface area contributed by atoms with Crippen molar-refractivity contribution >= 4 is 38.8 Å². The standard InChI is InChI=1S/C23H26N4O2S/c1-13-5-10-17-18(12-13)30-23-20(17)22(29)25-21(26-23)14(2)24-15-6-8-16(9-7-15)27-11-3-4-19(27)28/h6-9,13-14,24H,3-5,10-12H2,1-2H3,(H,25,26,29)/t13-,14-/m1/s1. The zero-order chi connectivity index (χ0) is 20.8. The van der Waals surface area contributed by atoms with E-state index in [1.165, 1.54) is 10.4 Å². The van der Waals surface area contributed by atoms with E-state index < -0.39 is 0 Å². The summed E-state index contributed by atoms with van der Waals surface area (Å²) in [5.74, 6) is 1.51. The van der Waals surface area contributed by atoms with Crippen LogP contribution in [-0.2, 0) is 17.6 Å². The van der Waals surface area contributed by atoms with E-state index in [1.807, 2.05) is 36.1 Å². The summed E-state index contributed by atoms with van der Waals surface area (Å²) in [7, 11) is 0. The average Bonchev–Trinajstić information content (AvgIpc) is 3.31. The van der Waals surface area contributed by atoms with Crippen LogP contribution in [0.4, 0.5) is 11.4 Å². The first-order valence-corrected chi connectivity index (χ1v) is 11.5. The molecule has 2 aromatic heterocycles. The summed E-state index contributed by atoms with van der Waals surface area (Å²) >= 11 is 1.68. The number of carbonyl (C=O) groups is 1. The monoisotopic (exact) mass is 422 g/mol. The number of hydrogen-bond acceptors (Lipinski definition) is 5. The van der Waals surface area contributed by atoms with E-state index in [0.29, 0.717) is 18.2 Å². The van der Waals surface area contributed by atoms with E-state index in [4.69, 9.17) is 4.98 Å². The van der Waals surface area contributed by atoms with Crippen molar-refractivity contribution < 1.29 is 4.79 Å². The van der Waals surface area contributed by atoms with Gasteiger partial charge in [0, 0.05) is 29.2 Å². The van der Waals surface area contributed by atoms with E-state index in [-0.39, 0.29) is 17.5 Å². The van der Waals surface area contributed by atoms with Crippen LogP contribution >= 0.6 is 11.3 Å². The molecule has 5 rings (SSSR count). The highest BCUT2D eigenvalue weighted by atomic mass is 32.1. The molecule has 2 atom stereocenters. The minimum absolute atomic E-state index is 0.0291. The Morgan fingerprint density at radius 2 is 2.03 bits per heavy atom. The SMILES string of the molecule is C[C@@H]1CCc2c(sc3nc([C@@H](C)Nc4ccc(N5CCCC5=O)cc4)[nH]c(=O)c23)C1. The normalized spacial score (nSPS) is 19.9. The molecular formula is C23H26N4O2S. The molecule has 6 nitrogen and oxygen atoms in total. The van der Waals surface area contributed by atoms with E-state index in [2.05, 4.69) is 17.2 Å². The Bertz CT molecular complexity index is 1160. The smallest absolute Gasteiger partial charge is 0.259 e. The molecule has 0 spiro atoms. The van der Waals surface area contributed by atoms with Gasteiger partial charge in [-0.1, -0.05) is 6.92 Å². The van der Waals surface area contributed by atoms with Crippen LogP contribution in [0, 0.1) is 5.92 Å². The summed E-state index contributed by atoms with van der Waals surface area (Å²) in [6.07, 6.45) is 4.70. The number of nitrogens with one attached hydrogen (secondary N) is 2. The summed E-state index contributed by atoms with van der Waals surface area (Å²) in [4.78, 5) is 36.6. The molecule has 1 aromatic carbocycles. The highest BCUT2D eigenvalue weighted by molar-refractivity contribution is 7.18. The second kappa shape index (κ2) is 7.54. The summed E-state index contributed by atoms with van der Waals surface area (Å²) in [5.41, 5.74) is 3.04. The summed E-state index contributed by atoms with van der Waals surface area (Å²) in [5, 5.41) is 4.21. The molecule has 3 heterocycles. The molecule has 30 heavy (non-hydrogen) atoms. The number of rotatable bonds is 4. The zero-order valence-electron chi connectivity index (χ0n) is 17.3. The first-order valence-electron chi connectivity index (χ1n) is 10.7. The Balaban J connectivity index is 1.38. The van der Waals surface area contributed by atoms with Gasteiger partial charge in [-0.15, -0.1) is 11.3 Å². The number of thiophene rings is 1. The van der Waals surface area contributed by atoms with E-state index in [1.54, 1.807) is 11.3 Å². The maximum Gasteiger partial charge on any atom is 0.259 e. The van der Waals surface area contributed by atoms with Crippen molar-refractivity contribution in [1.29, 1.82) is 0 Å². The molecule has 1 saturated heterocycles. The average molecular weight is 423 g/mol. The van der Waals surface area contributed by atoms with Gasteiger partial charge in [0.15, 0.2) is 0 Å². The van der Waals surface area contributed by atoms with Crippen molar-refractivity contribution in [2.75, 3.05) is 16.8 Å². The van der Waals surface area contributed by atoms with Crippen LogP contribution in [0.1, 0.15) is 55.4 Å². The van der Waals surface area contributed by atoms with Crippen molar-refractivity contribution in [3.63, 3.8) is 0 Å². The number of aryl methyl sites for hydroxylation is 1. The van der Waals surface area contributed by atoms with Crippen LogP contribution in [0.3, 0.4) is 0 Å². The number of benzene rings is 1. The lowest BCUT2D eigenvalue weighted by Crippen LogP contribution is -2.23. The van der Waals surface area contributed by atoms with E-state index in [9.17, 15) is 9.59 Å². The van der Waals surface area contributed by atoms with Gasteiger partial charge in [-0.3, -0.25) is 9.59 Å². The van der Waals surface area contributed by atoms with Gasteiger partial charge in [0.25, 0.3) is 5.56 Å². The summed E-state index contributed by atoms with van der Waals surface area (Å²) < 4.78 is 0. The number of carbonyl (C=O) groups excluding carboxylic acids is 1. The first kappa shape index (κ1) is 19.3. The van der Waals surface area contributed by atoms with Gasteiger partial charge in [-0.25, -0.2) is 4.98 Å². The predicted octanol–water partition coefficient (Wildman–Crippen LogP) is 4.41. The van der Waals surface area contributed by atoms with Gasteiger partial charge in [0.1, 0.15) is 10.7 Å². The highest BCUT2D eigenvalue weighted by Crippen LogP contribution is 2.36. The molecular weight excluding hydrogens is 396 g/mol. The zero-order valence-corrected chi connectivity index (χ0v) is 18.1. The summed E-state index contributed by atoms with van der Waals surface area (Å²) in [6, 6.07) is 7.73. The van der Waals surface area contributed by atoms with Gasteiger partial charge < -0.3 is 15.2 Å². The van der Waals surface area contributed by atoms with Crippen LogP contribution in [0.15, 0.2) is 29.1 Å². The van der Waals surface area contributed by atoms with E-state index in [0.717, 1.165) is 53.8 Å². The quantitative estimate of drug-likeness (QED) is 0.653. The lowest BCUT2D eigenvalue weighted by Gasteiger charge is -2.18. The lowest BCUT2D eigenvalue weighted by atomic mass is 9.89. The molecule has 1 amide bonds. The number of nitrogens with zero attached hydrogens (tertiary/aromatic N) is 2. The summed E-state index contributed by atoms with van der Waals surface area (Å²) in [6.45, 7) is 5.06. The number of H-pyrrole nitrogens is 1. The lowest BCUT2D eigenvalue weighted by molar-refractivity contribution is -0.117. The minimum Gasteiger partial charge on any atom is -0.375 e. The van der Waals surface area contributed by atoms with Crippen LogP contribution in [0.25, 0.3) is 10.2 Å². The molecule has 0 bridgehead atoms. The van der Waals surface area contributed by atoms with Crippen molar-refractivity contribution in [3.05, 3.63) is 50.9 Å². The molecule has 2 aliphatic rings. The topological polar surface area (TPSA) is 78.1 Å². The molecule has 2 N–H and O–H groups in total. The number of amides is 1. The Morgan fingerprint density at radius 3 is 2.77 bits per heavy atom. The van der Waals surface area contributed by atoms with Crippen LogP contribution in [0.5, 0.6) is 0 Å². The number of aromatic amines is 1. The third-order valence-electron chi connectivity index (χ3n) is 6.23. The van der Waals surface area contributed by atoms with Gasteiger partial charge >= 0.3 is 0 Å². The third kappa shape index (κ3) is 3.41. The number of hydrogen-bond donors (Lipinski definition) is 2. The van der Waals surface area contributed by atoms with Crippen LogP contribution in [0.2, 0.25) is 0 Å². The Hall–Kier alpha value is -2.67. The second-order valence-electron chi connectivity index (χ2n) is 8.54. The highest BCUT2D eigenvalue weighted by Gasteiger charge is 2.24. The Labute approximate surface area is 179 Å². The van der Waals surface area contributed by atoms with Crippen LogP contribution < -0.4 is 15.8 Å². The molecule has 1 fully saturated rings. The second-order valence-corrected chi connectivity index (χ2v) is 9.63. The number of fused-ring (bicyclic) bond motifs is 3. The minimum atomic E-state index is -0.139. The van der Waals surface area contributed by atoms with Crippen LogP contribution in [-0.4, -0.2) is 22.4 Å². The number of aromatic nitrogens is 2. The largest absolute Gasteiger partial charge is 0.375 e. The first-order chi connectivity index (χ1) is 14.5. The predicted molar refractivity (Wildman–Crippen MR) is 121 cm³/mol. The van der Waals surface area contributed by atoms with Gasteiger partial charge in [0.2, 0.25) is 5.91 Å². The van der Waals surface area contributed by atoms with Crippen molar-refractivity contribution in [2.45, 2.75) is 52.0 Å². The third-order valence-corrected chi connectivity index (χ3v) is 7.38. The molecule has 1 aliphatic carbocycles. The van der Waals surface area contributed by atoms with Crippen molar-refractivity contribution in [1.82, 2.24) is 9.97 Å². The molecule has 1 aliphatic heterocycles. The fourth-order valence-corrected chi connectivity index (χ4v) is 5.94. The Kier molecular flexibility index (Phi) is 4.85.